The van der Waals surface area contributed by atoms with Gasteiger partial charge in [-0.2, -0.15) is 0 Å². The molecule has 0 fully saturated rings. The van der Waals surface area contributed by atoms with E-state index < -0.39 is 0 Å². The van der Waals surface area contributed by atoms with Crippen molar-refractivity contribution in [2.24, 2.45) is 0 Å². The van der Waals surface area contributed by atoms with Crippen molar-refractivity contribution in [2.75, 3.05) is 12.4 Å². The number of imidazole rings is 1. The van der Waals surface area contributed by atoms with Gasteiger partial charge in [-0.1, -0.05) is 35.9 Å². The molecule has 2 aromatic carbocycles. The molecule has 0 unspecified atom stereocenters. The standard InChI is InChI=1S/C21H18ClN3O2S/c1-27-19-5-3-2-4-17(19)23-20(26)11-10-16-13-28-21-24-18(12-25(16)21)14-6-8-15(22)9-7-14/h2-9,12-13H,10-11H2,1H3,(H,23,26). The summed E-state index contributed by atoms with van der Waals surface area (Å²) in [4.78, 5) is 17.9. The van der Waals surface area contributed by atoms with Crippen molar-refractivity contribution >= 4 is 39.5 Å². The molecule has 0 aliphatic carbocycles. The maximum atomic E-state index is 12.4. The lowest BCUT2D eigenvalue weighted by atomic mass is 10.2. The first-order valence-electron chi connectivity index (χ1n) is 8.78. The van der Waals surface area contributed by atoms with Crippen LogP contribution in [0.2, 0.25) is 5.02 Å². The number of nitrogens with one attached hydrogen (secondary N) is 1. The molecular formula is C21H18ClN3O2S. The number of benzene rings is 2. The van der Waals surface area contributed by atoms with Gasteiger partial charge in [-0.05, 0) is 30.7 Å². The van der Waals surface area contributed by atoms with Gasteiger partial charge < -0.3 is 10.1 Å². The number of aromatic nitrogens is 2. The van der Waals surface area contributed by atoms with Crippen LogP contribution in [0.15, 0.2) is 60.1 Å². The van der Waals surface area contributed by atoms with Gasteiger partial charge in [-0.25, -0.2) is 4.98 Å². The van der Waals surface area contributed by atoms with Crippen LogP contribution in [-0.2, 0) is 11.2 Å². The molecule has 142 valence electrons. The van der Waals surface area contributed by atoms with Crippen molar-refractivity contribution in [1.82, 2.24) is 9.38 Å². The summed E-state index contributed by atoms with van der Waals surface area (Å²) in [7, 11) is 1.59. The molecule has 0 aliphatic rings. The second-order valence-electron chi connectivity index (χ2n) is 6.26. The number of methoxy groups -OCH3 is 1. The van der Waals surface area contributed by atoms with Gasteiger partial charge in [-0.3, -0.25) is 9.20 Å². The third kappa shape index (κ3) is 3.88. The third-order valence-electron chi connectivity index (χ3n) is 4.41. The molecule has 5 nitrogen and oxygen atoms in total. The highest BCUT2D eigenvalue weighted by Gasteiger charge is 2.12. The van der Waals surface area contributed by atoms with Gasteiger partial charge in [0.25, 0.3) is 0 Å². The zero-order valence-electron chi connectivity index (χ0n) is 15.2. The fourth-order valence-electron chi connectivity index (χ4n) is 2.97. The highest BCUT2D eigenvalue weighted by molar-refractivity contribution is 7.15. The molecule has 7 heteroatoms. The van der Waals surface area contributed by atoms with Crippen LogP contribution in [0.1, 0.15) is 12.1 Å². The lowest BCUT2D eigenvalue weighted by Gasteiger charge is -2.09. The molecule has 2 heterocycles. The Kier molecular flexibility index (Phi) is 5.32. The van der Waals surface area contributed by atoms with E-state index in [0.29, 0.717) is 29.3 Å². The van der Waals surface area contributed by atoms with E-state index in [2.05, 4.69) is 10.3 Å². The number of carbonyl (C=O) groups is 1. The zero-order valence-corrected chi connectivity index (χ0v) is 16.8. The molecule has 0 saturated heterocycles. The molecule has 1 amide bonds. The maximum absolute atomic E-state index is 12.4. The minimum absolute atomic E-state index is 0.0538. The van der Waals surface area contributed by atoms with Crippen LogP contribution in [0.5, 0.6) is 5.75 Å². The molecule has 0 bridgehead atoms. The highest BCUT2D eigenvalue weighted by Crippen LogP contribution is 2.26. The molecule has 1 N–H and O–H groups in total. The molecular weight excluding hydrogens is 394 g/mol. The summed E-state index contributed by atoms with van der Waals surface area (Å²) in [6.07, 6.45) is 3.00. The van der Waals surface area contributed by atoms with Gasteiger partial charge >= 0.3 is 0 Å². The fraction of sp³-hybridized carbons (Fsp3) is 0.143. The number of aryl methyl sites for hydroxylation is 1. The number of nitrogens with zero attached hydrogens (tertiary/aromatic N) is 2. The largest absolute Gasteiger partial charge is 0.495 e. The van der Waals surface area contributed by atoms with Crippen molar-refractivity contribution in [3.05, 3.63) is 70.8 Å². The number of hydrogen-bond donors (Lipinski definition) is 1. The van der Waals surface area contributed by atoms with Crippen LogP contribution in [0.4, 0.5) is 5.69 Å². The van der Waals surface area contributed by atoms with Crippen LogP contribution in [0.25, 0.3) is 16.2 Å². The topological polar surface area (TPSA) is 55.6 Å². The van der Waals surface area contributed by atoms with E-state index in [1.165, 1.54) is 0 Å². The number of halogens is 1. The first-order chi connectivity index (χ1) is 13.6. The summed E-state index contributed by atoms with van der Waals surface area (Å²) in [6.45, 7) is 0. The zero-order chi connectivity index (χ0) is 19.5. The van der Waals surface area contributed by atoms with Gasteiger partial charge in [0, 0.05) is 34.3 Å². The molecule has 0 radical (unpaired) electrons. The summed E-state index contributed by atoms with van der Waals surface area (Å²) in [5, 5.41) is 5.66. The molecule has 4 aromatic rings. The monoisotopic (exact) mass is 411 g/mol. The number of para-hydroxylation sites is 2. The highest BCUT2D eigenvalue weighted by atomic mass is 35.5. The van der Waals surface area contributed by atoms with E-state index in [1.54, 1.807) is 18.4 Å². The Morgan fingerprint density at radius 2 is 2.00 bits per heavy atom. The predicted molar refractivity (Wildman–Crippen MR) is 113 cm³/mol. The average Bonchev–Trinajstić information content (AvgIpc) is 3.28. The van der Waals surface area contributed by atoms with Crippen LogP contribution in [-0.4, -0.2) is 22.4 Å². The quantitative estimate of drug-likeness (QED) is 0.468. The summed E-state index contributed by atoms with van der Waals surface area (Å²) in [6, 6.07) is 15.0. The lowest BCUT2D eigenvalue weighted by molar-refractivity contribution is -0.116. The van der Waals surface area contributed by atoms with Crippen molar-refractivity contribution < 1.29 is 9.53 Å². The smallest absolute Gasteiger partial charge is 0.224 e. The van der Waals surface area contributed by atoms with Gasteiger partial charge in [0.15, 0.2) is 4.96 Å². The number of anilines is 1. The van der Waals surface area contributed by atoms with Crippen molar-refractivity contribution in [1.29, 1.82) is 0 Å². The van der Waals surface area contributed by atoms with E-state index in [0.717, 1.165) is 21.9 Å². The average molecular weight is 412 g/mol. The van der Waals surface area contributed by atoms with Gasteiger partial charge in [0.05, 0.1) is 18.5 Å². The molecule has 0 aliphatic heterocycles. The summed E-state index contributed by atoms with van der Waals surface area (Å²) in [5.74, 6) is 0.595. The van der Waals surface area contributed by atoms with Crippen LogP contribution in [0, 0.1) is 0 Å². The van der Waals surface area contributed by atoms with Gasteiger partial charge in [0.1, 0.15) is 5.75 Å². The summed E-state index contributed by atoms with van der Waals surface area (Å²) < 4.78 is 7.32. The summed E-state index contributed by atoms with van der Waals surface area (Å²) in [5.41, 5.74) is 3.64. The van der Waals surface area contributed by atoms with Crippen molar-refractivity contribution in [3.63, 3.8) is 0 Å². The van der Waals surface area contributed by atoms with Crippen molar-refractivity contribution in [2.45, 2.75) is 12.8 Å². The van der Waals surface area contributed by atoms with E-state index in [4.69, 9.17) is 16.3 Å². The molecule has 28 heavy (non-hydrogen) atoms. The minimum Gasteiger partial charge on any atom is -0.495 e. The number of rotatable bonds is 6. The number of thiazole rings is 1. The molecule has 0 saturated carbocycles. The first kappa shape index (κ1) is 18.5. The van der Waals surface area contributed by atoms with E-state index in [1.807, 2.05) is 64.5 Å². The molecule has 0 spiro atoms. The summed E-state index contributed by atoms with van der Waals surface area (Å²) >= 11 is 7.53. The number of ether oxygens (including phenoxy) is 1. The normalized spacial score (nSPS) is 10.9. The van der Waals surface area contributed by atoms with Crippen molar-refractivity contribution in [3.8, 4) is 17.0 Å². The Balaban J connectivity index is 1.46. The number of carbonyl (C=O) groups excluding carboxylic acids is 1. The maximum Gasteiger partial charge on any atom is 0.224 e. The van der Waals surface area contributed by atoms with Gasteiger partial charge in [-0.15, -0.1) is 11.3 Å². The SMILES string of the molecule is COc1ccccc1NC(=O)CCc1csc2nc(-c3ccc(Cl)cc3)cn12. The van der Waals surface area contributed by atoms with Crippen LogP contribution < -0.4 is 10.1 Å². The molecule has 4 rings (SSSR count). The Labute approximate surface area is 171 Å². The van der Waals surface area contributed by atoms with Crippen LogP contribution >= 0.6 is 22.9 Å². The Hall–Kier alpha value is -2.83. The van der Waals surface area contributed by atoms with E-state index in [9.17, 15) is 4.79 Å². The number of fused-ring (bicyclic) bond motifs is 1. The minimum atomic E-state index is -0.0538. The fourth-order valence-corrected chi connectivity index (χ4v) is 4.00. The molecule has 0 atom stereocenters. The van der Waals surface area contributed by atoms with E-state index in [-0.39, 0.29) is 5.91 Å². The second kappa shape index (κ2) is 8.04. The number of amides is 1. The second-order valence-corrected chi connectivity index (χ2v) is 7.53. The number of hydrogen-bond acceptors (Lipinski definition) is 4. The Morgan fingerprint density at radius 1 is 1.21 bits per heavy atom. The van der Waals surface area contributed by atoms with Gasteiger partial charge in [0.2, 0.25) is 5.91 Å². The first-order valence-corrected chi connectivity index (χ1v) is 10.0. The molecule has 2 aromatic heterocycles. The van der Waals surface area contributed by atoms with E-state index >= 15 is 0 Å². The predicted octanol–water partition coefficient (Wildman–Crippen LogP) is 5.30. The lowest BCUT2D eigenvalue weighted by Crippen LogP contribution is -2.13. The van der Waals surface area contributed by atoms with Crippen LogP contribution in [0.3, 0.4) is 0 Å². The Morgan fingerprint density at radius 3 is 2.79 bits per heavy atom. The third-order valence-corrected chi connectivity index (χ3v) is 5.55. The Bertz CT molecular complexity index is 1120.